The molecule has 2 aliphatic rings. The highest BCUT2D eigenvalue weighted by atomic mass is 32.1. The van der Waals surface area contributed by atoms with Crippen molar-refractivity contribution in [2.45, 2.75) is 38.3 Å². The van der Waals surface area contributed by atoms with Crippen molar-refractivity contribution < 1.29 is 9.53 Å². The Balaban J connectivity index is 1.56. The van der Waals surface area contributed by atoms with Crippen LogP contribution in [-0.4, -0.2) is 66.2 Å². The van der Waals surface area contributed by atoms with Crippen LogP contribution >= 0.6 is 11.3 Å². The van der Waals surface area contributed by atoms with Crippen LogP contribution in [0.25, 0.3) is 0 Å². The molecular weight excluding hydrogens is 312 g/mol. The molecule has 0 saturated carbocycles. The quantitative estimate of drug-likeness (QED) is 0.893. The predicted octanol–water partition coefficient (Wildman–Crippen LogP) is 2.10. The minimum Gasteiger partial charge on any atom is -0.379 e. The molecule has 23 heavy (non-hydrogen) atoms. The predicted molar refractivity (Wildman–Crippen MR) is 90.7 cm³/mol. The molecule has 128 valence electrons. The summed E-state index contributed by atoms with van der Waals surface area (Å²) >= 11 is 1.60. The number of hydrogen-bond donors (Lipinski definition) is 1. The molecule has 0 bridgehead atoms. The molecule has 0 aliphatic carbocycles. The third-order valence-electron chi connectivity index (χ3n) is 4.67. The van der Waals surface area contributed by atoms with E-state index in [0.29, 0.717) is 6.04 Å². The number of thiazole rings is 1. The number of rotatable bonds is 5. The van der Waals surface area contributed by atoms with Crippen molar-refractivity contribution in [3.05, 3.63) is 16.6 Å². The number of carbonyl (C=O) groups excluding carboxylic acids is 1. The molecule has 0 aromatic carbocycles. The van der Waals surface area contributed by atoms with Crippen LogP contribution in [0.1, 0.15) is 37.2 Å². The monoisotopic (exact) mass is 338 g/mol. The van der Waals surface area contributed by atoms with Crippen molar-refractivity contribution in [2.75, 3.05) is 39.4 Å². The minimum absolute atomic E-state index is 0.0205. The summed E-state index contributed by atoms with van der Waals surface area (Å²) in [5.74, 6) is 0. The summed E-state index contributed by atoms with van der Waals surface area (Å²) in [6, 6.07) is 0.400. The molecule has 3 rings (SSSR count). The molecule has 0 spiro atoms. The van der Waals surface area contributed by atoms with Gasteiger partial charge < -0.3 is 15.0 Å². The van der Waals surface area contributed by atoms with E-state index in [0.717, 1.165) is 63.7 Å². The van der Waals surface area contributed by atoms with E-state index < -0.39 is 0 Å². The molecule has 2 aliphatic heterocycles. The second-order valence-corrected chi connectivity index (χ2v) is 7.11. The number of ether oxygens (including phenoxy) is 1. The lowest BCUT2D eigenvalue weighted by Crippen LogP contribution is -2.49. The van der Waals surface area contributed by atoms with Crippen LogP contribution in [0.4, 0.5) is 4.79 Å². The van der Waals surface area contributed by atoms with Crippen LogP contribution in [0.5, 0.6) is 0 Å². The number of morpholine rings is 1. The fourth-order valence-electron chi connectivity index (χ4n) is 3.35. The van der Waals surface area contributed by atoms with Gasteiger partial charge in [0.05, 0.1) is 19.3 Å². The summed E-state index contributed by atoms with van der Waals surface area (Å²) in [4.78, 5) is 21.5. The van der Waals surface area contributed by atoms with E-state index in [1.165, 1.54) is 0 Å². The van der Waals surface area contributed by atoms with E-state index in [2.05, 4.69) is 22.1 Å². The van der Waals surface area contributed by atoms with Crippen molar-refractivity contribution in [3.63, 3.8) is 0 Å². The first-order valence-electron chi connectivity index (χ1n) is 8.54. The molecule has 2 amide bonds. The smallest absolute Gasteiger partial charge is 0.318 e. The van der Waals surface area contributed by atoms with Crippen LogP contribution < -0.4 is 5.32 Å². The van der Waals surface area contributed by atoms with E-state index in [1.807, 2.05) is 10.3 Å². The first kappa shape index (κ1) is 16.7. The van der Waals surface area contributed by atoms with Gasteiger partial charge in [0.15, 0.2) is 0 Å². The number of aromatic nitrogens is 1. The second kappa shape index (κ2) is 8.08. The summed E-state index contributed by atoms with van der Waals surface area (Å²) in [6.07, 6.45) is 4.85. The number of amides is 2. The van der Waals surface area contributed by atoms with Gasteiger partial charge in [-0.25, -0.2) is 9.78 Å². The molecule has 2 atom stereocenters. The van der Waals surface area contributed by atoms with Crippen LogP contribution in [0.15, 0.2) is 11.6 Å². The minimum atomic E-state index is 0.0205. The Labute approximate surface area is 141 Å². The van der Waals surface area contributed by atoms with Crippen LogP contribution in [0, 0.1) is 0 Å². The van der Waals surface area contributed by atoms with Gasteiger partial charge >= 0.3 is 6.03 Å². The highest BCUT2D eigenvalue weighted by molar-refractivity contribution is 7.09. The molecule has 0 radical (unpaired) electrons. The Kier molecular flexibility index (Phi) is 5.85. The number of hydrogen-bond acceptors (Lipinski definition) is 5. The third-order valence-corrected chi connectivity index (χ3v) is 5.56. The highest BCUT2D eigenvalue weighted by Gasteiger charge is 2.31. The number of urea groups is 1. The van der Waals surface area contributed by atoms with Crippen molar-refractivity contribution in [1.82, 2.24) is 20.1 Å². The summed E-state index contributed by atoms with van der Waals surface area (Å²) in [6.45, 7) is 7.47. The van der Waals surface area contributed by atoms with Gasteiger partial charge in [0.1, 0.15) is 5.01 Å². The van der Waals surface area contributed by atoms with E-state index >= 15 is 0 Å². The van der Waals surface area contributed by atoms with Gasteiger partial charge in [0, 0.05) is 43.8 Å². The molecule has 2 saturated heterocycles. The Hall–Kier alpha value is -1.18. The highest BCUT2D eigenvalue weighted by Crippen LogP contribution is 2.22. The Morgan fingerprint density at radius 1 is 1.48 bits per heavy atom. The molecule has 1 aromatic heterocycles. The number of likely N-dealkylation sites (tertiary alicyclic amines) is 1. The Bertz CT molecular complexity index is 490. The molecular formula is C16H26N4O2S. The lowest BCUT2D eigenvalue weighted by molar-refractivity contribution is 0.0291. The zero-order chi connectivity index (χ0) is 16.1. The lowest BCUT2D eigenvalue weighted by Gasteiger charge is -2.33. The van der Waals surface area contributed by atoms with Crippen molar-refractivity contribution in [2.24, 2.45) is 0 Å². The number of nitrogens with zero attached hydrogens (tertiary/aromatic N) is 3. The normalized spacial score (nSPS) is 23.9. The second-order valence-electron chi connectivity index (χ2n) is 6.18. The summed E-state index contributed by atoms with van der Waals surface area (Å²) < 4.78 is 5.41. The zero-order valence-corrected chi connectivity index (χ0v) is 14.6. The molecule has 3 heterocycles. The van der Waals surface area contributed by atoms with Gasteiger partial charge in [-0.1, -0.05) is 6.92 Å². The van der Waals surface area contributed by atoms with Crippen LogP contribution in [0.2, 0.25) is 0 Å². The summed E-state index contributed by atoms with van der Waals surface area (Å²) in [7, 11) is 0. The van der Waals surface area contributed by atoms with Crippen molar-refractivity contribution in [3.8, 4) is 0 Å². The fraction of sp³-hybridized carbons (Fsp3) is 0.750. The SMILES string of the molecule is CC[C@H](NC(=O)N1CCC[C@H]1CN1CCOCC1)c1nccs1. The average molecular weight is 338 g/mol. The lowest BCUT2D eigenvalue weighted by atomic mass is 10.2. The maximum Gasteiger partial charge on any atom is 0.318 e. The maximum atomic E-state index is 12.7. The molecule has 6 nitrogen and oxygen atoms in total. The maximum absolute atomic E-state index is 12.7. The zero-order valence-electron chi connectivity index (χ0n) is 13.7. The summed E-state index contributed by atoms with van der Waals surface area (Å²) in [5.41, 5.74) is 0. The van der Waals surface area contributed by atoms with Gasteiger partial charge in [0.25, 0.3) is 0 Å². The van der Waals surface area contributed by atoms with Gasteiger partial charge in [-0.2, -0.15) is 0 Å². The Morgan fingerprint density at radius 2 is 2.30 bits per heavy atom. The molecule has 1 N–H and O–H groups in total. The first-order chi connectivity index (χ1) is 11.3. The Morgan fingerprint density at radius 3 is 3.00 bits per heavy atom. The third kappa shape index (κ3) is 4.22. The van der Waals surface area contributed by atoms with E-state index in [4.69, 9.17) is 4.74 Å². The van der Waals surface area contributed by atoms with Gasteiger partial charge in [0.2, 0.25) is 0 Å². The molecule has 1 aromatic rings. The van der Waals surface area contributed by atoms with Gasteiger partial charge in [-0.3, -0.25) is 4.90 Å². The molecule has 2 fully saturated rings. The van der Waals surface area contributed by atoms with Crippen LogP contribution in [-0.2, 0) is 4.74 Å². The van der Waals surface area contributed by atoms with Crippen molar-refractivity contribution >= 4 is 17.4 Å². The first-order valence-corrected chi connectivity index (χ1v) is 9.42. The van der Waals surface area contributed by atoms with E-state index in [9.17, 15) is 4.79 Å². The van der Waals surface area contributed by atoms with Crippen molar-refractivity contribution in [1.29, 1.82) is 0 Å². The molecule has 7 heteroatoms. The fourth-order valence-corrected chi connectivity index (χ4v) is 4.12. The van der Waals surface area contributed by atoms with E-state index in [-0.39, 0.29) is 12.1 Å². The van der Waals surface area contributed by atoms with Gasteiger partial charge in [-0.05, 0) is 19.3 Å². The topological polar surface area (TPSA) is 57.7 Å². The van der Waals surface area contributed by atoms with Crippen LogP contribution in [0.3, 0.4) is 0 Å². The largest absolute Gasteiger partial charge is 0.379 e. The van der Waals surface area contributed by atoms with Gasteiger partial charge in [-0.15, -0.1) is 11.3 Å². The number of carbonyl (C=O) groups is 1. The van der Waals surface area contributed by atoms with E-state index in [1.54, 1.807) is 17.5 Å². The molecule has 0 unspecified atom stereocenters. The average Bonchev–Trinajstić information content (AvgIpc) is 3.25. The summed E-state index contributed by atoms with van der Waals surface area (Å²) in [5, 5.41) is 6.12. The number of nitrogens with one attached hydrogen (secondary N) is 1. The standard InChI is InChI=1S/C16H26N4O2S/c1-2-14(15-17-5-11-23-15)18-16(21)20-6-3-4-13(20)12-19-7-9-22-10-8-19/h5,11,13-14H,2-4,6-10,12H2,1H3,(H,18,21)/t13-,14-/m0/s1.